The molecule has 6 unspecified atom stereocenters. The van der Waals surface area contributed by atoms with E-state index in [2.05, 4.69) is 6.92 Å². The minimum atomic E-state index is 0.137. The quantitative estimate of drug-likeness (QED) is 0.564. The van der Waals surface area contributed by atoms with Gasteiger partial charge >= 0.3 is 5.97 Å². The van der Waals surface area contributed by atoms with Crippen molar-refractivity contribution in [2.75, 3.05) is 0 Å². The molecule has 4 saturated carbocycles. The van der Waals surface area contributed by atoms with Crippen molar-refractivity contribution < 1.29 is 9.53 Å². The van der Waals surface area contributed by atoms with Crippen LogP contribution in [0.3, 0.4) is 0 Å². The Labute approximate surface area is 76.6 Å². The number of ether oxygens (including phenoxy) is 1. The molecule has 2 spiro atoms. The molecule has 0 aromatic rings. The first-order valence-corrected chi connectivity index (χ1v) is 5.48. The zero-order chi connectivity index (χ0) is 8.64. The van der Waals surface area contributed by atoms with Gasteiger partial charge in [0.15, 0.2) is 0 Å². The molecule has 2 heteroatoms. The van der Waals surface area contributed by atoms with E-state index in [1.54, 1.807) is 0 Å². The topological polar surface area (TPSA) is 26.3 Å². The van der Waals surface area contributed by atoms with E-state index in [9.17, 15) is 4.79 Å². The van der Waals surface area contributed by atoms with Crippen LogP contribution in [0.15, 0.2) is 0 Å². The van der Waals surface area contributed by atoms with Crippen molar-refractivity contribution in [3.8, 4) is 0 Å². The Morgan fingerprint density at radius 3 is 3.23 bits per heavy atom. The van der Waals surface area contributed by atoms with Gasteiger partial charge in [0.1, 0.15) is 6.10 Å². The molecule has 5 rings (SSSR count). The highest BCUT2D eigenvalue weighted by molar-refractivity contribution is 5.87. The molecule has 4 aliphatic carbocycles. The normalized spacial score (nSPS) is 78.2. The highest BCUT2D eigenvalue weighted by Gasteiger charge is 3.17. The maximum atomic E-state index is 11.5. The first-order chi connectivity index (χ1) is 6.27. The maximum Gasteiger partial charge on any atom is 0.310 e. The van der Waals surface area contributed by atoms with Crippen LogP contribution in [0, 0.1) is 28.1 Å². The molecule has 13 heavy (non-hydrogen) atoms. The molecule has 0 N–H and O–H groups in total. The minimum Gasteiger partial charge on any atom is -0.461 e. The fourth-order valence-electron chi connectivity index (χ4n) is 6.13. The molecular formula is C11H12O2. The van der Waals surface area contributed by atoms with Crippen molar-refractivity contribution in [1.29, 1.82) is 0 Å². The molecule has 1 saturated heterocycles. The summed E-state index contributed by atoms with van der Waals surface area (Å²) >= 11 is 0. The third kappa shape index (κ3) is 0.247. The number of hydrogen-bond acceptors (Lipinski definition) is 2. The Bertz CT molecular complexity index is 390. The van der Waals surface area contributed by atoms with E-state index in [0.717, 1.165) is 12.3 Å². The number of hydrogen-bond donors (Lipinski definition) is 0. The van der Waals surface area contributed by atoms with Crippen molar-refractivity contribution in [2.45, 2.75) is 32.3 Å². The molecule has 1 aliphatic heterocycles. The van der Waals surface area contributed by atoms with Crippen LogP contribution in [-0.4, -0.2) is 12.1 Å². The first kappa shape index (κ1) is 6.05. The van der Waals surface area contributed by atoms with E-state index < -0.39 is 0 Å². The van der Waals surface area contributed by atoms with Gasteiger partial charge in [0.05, 0.1) is 5.92 Å². The predicted molar refractivity (Wildman–Crippen MR) is 43.7 cm³/mol. The highest BCUT2D eigenvalue weighted by Crippen LogP contribution is 3.14. The summed E-state index contributed by atoms with van der Waals surface area (Å²) in [5, 5.41) is 0. The summed E-state index contributed by atoms with van der Waals surface area (Å²) in [7, 11) is 0. The summed E-state index contributed by atoms with van der Waals surface area (Å²) < 4.78 is 5.47. The minimum absolute atomic E-state index is 0.137. The van der Waals surface area contributed by atoms with Crippen molar-refractivity contribution in [1.82, 2.24) is 0 Å². The number of carbonyl (C=O) groups excluding carboxylic acids is 1. The van der Waals surface area contributed by atoms with Crippen molar-refractivity contribution in [2.24, 2.45) is 28.1 Å². The molecule has 0 bridgehead atoms. The third-order valence-electron chi connectivity index (χ3n) is 6.24. The lowest BCUT2D eigenvalue weighted by Gasteiger charge is -2.16. The van der Waals surface area contributed by atoms with Gasteiger partial charge in [-0.3, -0.25) is 4.79 Å². The average molecular weight is 176 g/mol. The molecular weight excluding hydrogens is 164 g/mol. The molecule has 0 aromatic carbocycles. The standard InChI is InChI=1S/C11H12O2/c1-2-9-8-11(9)6(7(12)13-8)3-5-4-10(5,9)11/h5-6,8H,2-4H2,1H3. The lowest BCUT2D eigenvalue weighted by Crippen LogP contribution is -2.19. The maximum absolute atomic E-state index is 11.5. The Morgan fingerprint density at radius 2 is 2.46 bits per heavy atom. The summed E-state index contributed by atoms with van der Waals surface area (Å²) in [6.45, 7) is 2.28. The number of esters is 1. The number of rotatable bonds is 1. The van der Waals surface area contributed by atoms with Gasteiger partial charge in [-0.05, 0) is 30.6 Å². The summed E-state index contributed by atoms with van der Waals surface area (Å²) in [5.41, 5.74) is 1.58. The van der Waals surface area contributed by atoms with Gasteiger partial charge < -0.3 is 4.74 Å². The highest BCUT2D eigenvalue weighted by atomic mass is 16.6. The molecule has 6 atom stereocenters. The van der Waals surface area contributed by atoms with Crippen molar-refractivity contribution in [3.05, 3.63) is 0 Å². The summed E-state index contributed by atoms with van der Waals surface area (Å²) in [6.07, 6.45) is 4.20. The summed E-state index contributed by atoms with van der Waals surface area (Å²) in [5.74, 6) is 1.39. The van der Waals surface area contributed by atoms with E-state index in [1.165, 1.54) is 12.8 Å². The third-order valence-corrected chi connectivity index (χ3v) is 6.24. The van der Waals surface area contributed by atoms with Gasteiger partial charge in [0.2, 0.25) is 0 Å². The van der Waals surface area contributed by atoms with Crippen LogP contribution in [0.4, 0.5) is 0 Å². The monoisotopic (exact) mass is 176 g/mol. The van der Waals surface area contributed by atoms with E-state index >= 15 is 0 Å². The molecule has 2 nitrogen and oxygen atoms in total. The molecule has 68 valence electrons. The molecule has 5 fully saturated rings. The fraction of sp³-hybridized carbons (Fsp3) is 0.909. The lowest BCUT2D eigenvalue weighted by molar-refractivity contribution is -0.147. The van der Waals surface area contributed by atoms with Gasteiger partial charge in [0.25, 0.3) is 0 Å². The van der Waals surface area contributed by atoms with Crippen LogP contribution < -0.4 is 0 Å². The van der Waals surface area contributed by atoms with E-state index in [-0.39, 0.29) is 5.97 Å². The second-order valence-electron chi connectivity index (χ2n) is 5.67. The summed E-state index contributed by atoms with van der Waals surface area (Å²) in [6, 6.07) is 0. The smallest absolute Gasteiger partial charge is 0.310 e. The van der Waals surface area contributed by atoms with Crippen LogP contribution >= 0.6 is 0 Å². The second kappa shape index (κ2) is 1.12. The van der Waals surface area contributed by atoms with Gasteiger partial charge in [-0.25, -0.2) is 0 Å². The van der Waals surface area contributed by atoms with E-state index in [1.807, 2.05) is 0 Å². The lowest BCUT2D eigenvalue weighted by atomic mass is 9.94. The van der Waals surface area contributed by atoms with Crippen LogP contribution in [0.1, 0.15) is 26.2 Å². The SMILES string of the molecule is CCC12C3OC(=O)C4CC5CC51C432. The van der Waals surface area contributed by atoms with E-state index in [4.69, 9.17) is 4.74 Å². The van der Waals surface area contributed by atoms with Gasteiger partial charge in [-0.15, -0.1) is 0 Å². The van der Waals surface area contributed by atoms with Gasteiger partial charge in [-0.2, -0.15) is 0 Å². The average Bonchev–Trinajstić information content (AvgIpc) is 3.00. The fourth-order valence-corrected chi connectivity index (χ4v) is 6.13. The summed E-state index contributed by atoms with van der Waals surface area (Å²) in [4.78, 5) is 11.5. The second-order valence-corrected chi connectivity index (χ2v) is 5.67. The zero-order valence-electron chi connectivity index (χ0n) is 7.67. The Kier molecular flexibility index (Phi) is 0.522. The molecule has 0 amide bonds. The van der Waals surface area contributed by atoms with Crippen molar-refractivity contribution >= 4 is 5.97 Å². The Balaban J connectivity index is 1.78. The molecule has 1 heterocycles. The van der Waals surface area contributed by atoms with Crippen LogP contribution in [0.2, 0.25) is 0 Å². The van der Waals surface area contributed by atoms with Gasteiger partial charge in [-0.1, -0.05) is 6.92 Å². The molecule has 0 aromatic heterocycles. The van der Waals surface area contributed by atoms with E-state index in [0.29, 0.717) is 28.3 Å². The zero-order valence-corrected chi connectivity index (χ0v) is 7.67. The predicted octanol–water partition coefficient (Wildman–Crippen LogP) is 1.35. The largest absolute Gasteiger partial charge is 0.461 e. The Morgan fingerprint density at radius 1 is 1.62 bits per heavy atom. The number of carbonyl (C=O) groups is 1. The van der Waals surface area contributed by atoms with Crippen molar-refractivity contribution in [3.63, 3.8) is 0 Å². The number of fused-ring (bicyclic) bond motifs is 1. The first-order valence-electron chi connectivity index (χ1n) is 5.48. The van der Waals surface area contributed by atoms with Crippen LogP contribution in [0.25, 0.3) is 0 Å². The molecule has 5 aliphatic rings. The van der Waals surface area contributed by atoms with Crippen LogP contribution in [0.5, 0.6) is 0 Å². The Hall–Kier alpha value is -0.530. The van der Waals surface area contributed by atoms with Gasteiger partial charge in [0, 0.05) is 10.8 Å². The molecule has 0 radical (unpaired) electrons. The van der Waals surface area contributed by atoms with Crippen LogP contribution in [-0.2, 0) is 9.53 Å².